The summed E-state index contributed by atoms with van der Waals surface area (Å²) in [7, 11) is 1.62. The number of carbonyl (C=O) groups is 2. The summed E-state index contributed by atoms with van der Waals surface area (Å²) in [6, 6.07) is 14.4. The molecule has 0 atom stereocenters. The van der Waals surface area contributed by atoms with Gasteiger partial charge in [0.05, 0.1) is 17.7 Å². The molecule has 3 aromatic rings. The highest BCUT2D eigenvalue weighted by Crippen LogP contribution is 2.35. The number of nitrogens with zero attached hydrogens (tertiary/aromatic N) is 1. The molecule has 6 nitrogen and oxygen atoms in total. The summed E-state index contributed by atoms with van der Waals surface area (Å²) in [6.07, 6.45) is 0. The predicted molar refractivity (Wildman–Crippen MR) is 102 cm³/mol. The van der Waals surface area contributed by atoms with E-state index < -0.39 is 11.9 Å². The zero-order valence-electron chi connectivity index (χ0n) is 15.0. The molecule has 138 valence electrons. The number of esters is 2. The van der Waals surface area contributed by atoms with Crippen molar-refractivity contribution in [1.29, 1.82) is 0 Å². The molecule has 27 heavy (non-hydrogen) atoms. The average Bonchev–Trinajstić information content (AvgIpc) is 3.10. The summed E-state index contributed by atoms with van der Waals surface area (Å²) >= 11 is 1.30. The molecule has 0 aliphatic rings. The topological polar surface area (TPSA) is 74.7 Å². The molecule has 3 rings (SSSR count). The fourth-order valence-corrected chi connectivity index (χ4v) is 3.22. The molecule has 0 radical (unpaired) electrons. The minimum absolute atomic E-state index is 0.302. The summed E-state index contributed by atoms with van der Waals surface area (Å²) < 4.78 is 20.0. The maximum absolute atomic E-state index is 11.3. The molecule has 0 saturated heterocycles. The highest BCUT2D eigenvalue weighted by Gasteiger charge is 2.12. The van der Waals surface area contributed by atoms with E-state index >= 15 is 0 Å². The number of benzene rings is 2. The van der Waals surface area contributed by atoms with Crippen molar-refractivity contribution in [2.75, 3.05) is 7.11 Å². The Morgan fingerprint density at radius 3 is 1.93 bits per heavy atom. The van der Waals surface area contributed by atoms with Crippen molar-refractivity contribution in [3.05, 3.63) is 48.5 Å². The van der Waals surface area contributed by atoms with Gasteiger partial charge in [-0.25, -0.2) is 0 Å². The number of hydrogen-bond acceptors (Lipinski definition) is 7. The second kappa shape index (κ2) is 8.01. The SMILES string of the molecule is COc1ccc(-c2cc(-c3cc(OC(C)=O)cc(OC(C)=O)c3)sn2)cc1. The predicted octanol–water partition coefficient (Wildman–Crippen LogP) is 4.34. The molecule has 0 aliphatic heterocycles. The number of hydrogen-bond donors (Lipinski definition) is 0. The third-order valence-electron chi connectivity index (χ3n) is 3.58. The first-order valence-electron chi connectivity index (χ1n) is 8.08. The number of ether oxygens (including phenoxy) is 3. The Hall–Kier alpha value is -3.19. The van der Waals surface area contributed by atoms with Crippen LogP contribution in [0.3, 0.4) is 0 Å². The third kappa shape index (κ3) is 4.71. The summed E-state index contributed by atoms with van der Waals surface area (Å²) in [5.74, 6) is 0.467. The van der Waals surface area contributed by atoms with E-state index in [-0.39, 0.29) is 0 Å². The van der Waals surface area contributed by atoms with Gasteiger partial charge in [-0.2, -0.15) is 4.37 Å². The van der Waals surface area contributed by atoms with Crippen LogP contribution in [0.2, 0.25) is 0 Å². The minimum Gasteiger partial charge on any atom is -0.497 e. The quantitative estimate of drug-likeness (QED) is 0.482. The Balaban J connectivity index is 1.95. The smallest absolute Gasteiger partial charge is 0.308 e. The van der Waals surface area contributed by atoms with Crippen LogP contribution in [0.1, 0.15) is 13.8 Å². The first-order chi connectivity index (χ1) is 12.9. The van der Waals surface area contributed by atoms with Crippen molar-refractivity contribution >= 4 is 23.5 Å². The first kappa shape index (κ1) is 18.6. The molecule has 7 heteroatoms. The van der Waals surface area contributed by atoms with Crippen LogP contribution in [0.15, 0.2) is 48.5 Å². The number of rotatable bonds is 5. The van der Waals surface area contributed by atoms with Gasteiger partial charge in [0.1, 0.15) is 17.2 Å². The Morgan fingerprint density at radius 2 is 1.41 bits per heavy atom. The van der Waals surface area contributed by atoms with E-state index in [1.54, 1.807) is 19.2 Å². The van der Waals surface area contributed by atoms with Gasteiger partial charge in [-0.15, -0.1) is 0 Å². The van der Waals surface area contributed by atoms with Crippen molar-refractivity contribution < 1.29 is 23.8 Å². The van der Waals surface area contributed by atoms with Gasteiger partial charge in [-0.3, -0.25) is 9.59 Å². The first-order valence-corrected chi connectivity index (χ1v) is 8.85. The third-order valence-corrected chi connectivity index (χ3v) is 4.42. The summed E-state index contributed by atoms with van der Waals surface area (Å²) in [6.45, 7) is 2.62. The van der Waals surface area contributed by atoms with E-state index in [0.29, 0.717) is 11.5 Å². The second-order valence-electron chi connectivity index (χ2n) is 5.69. The van der Waals surface area contributed by atoms with Gasteiger partial charge in [-0.1, -0.05) is 0 Å². The van der Waals surface area contributed by atoms with E-state index in [4.69, 9.17) is 14.2 Å². The highest BCUT2D eigenvalue weighted by atomic mass is 32.1. The zero-order valence-corrected chi connectivity index (χ0v) is 15.8. The molecule has 0 aliphatic carbocycles. The van der Waals surface area contributed by atoms with E-state index in [1.807, 2.05) is 30.3 Å². The molecule has 1 heterocycles. The van der Waals surface area contributed by atoms with Crippen molar-refractivity contribution in [2.24, 2.45) is 0 Å². The van der Waals surface area contributed by atoms with E-state index in [1.165, 1.54) is 31.4 Å². The standard InChI is InChI=1S/C20H17NO5S/c1-12(22)25-17-8-15(9-18(10-17)26-13(2)23)20-11-19(21-27-20)14-4-6-16(24-3)7-5-14/h4-11H,1-3H3. The van der Waals surface area contributed by atoms with Crippen molar-refractivity contribution in [3.63, 3.8) is 0 Å². The van der Waals surface area contributed by atoms with Crippen LogP contribution in [-0.2, 0) is 9.59 Å². The van der Waals surface area contributed by atoms with Gasteiger partial charge in [0.25, 0.3) is 0 Å². The molecular weight excluding hydrogens is 366 g/mol. The van der Waals surface area contributed by atoms with Gasteiger partial charge < -0.3 is 14.2 Å². The van der Waals surface area contributed by atoms with E-state index in [2.05, 4.69) is 4.37 Å². The molecule has 0 N–H and O–H groups in total. The Kier molecular flexibility index (Phi) is 5.52. The number of methoxy groups -OCH3 is 1. The maximum atomic E-state index is 11.3. The van der Waals surface area contributed by atoms with Gasteiger partial charge in [-0.05, 0) is 54.0 Å². The van der Waals surface area contributed by atoms with E-state index in [0.717, 1.165) is 27.4 Å². The largest absolute Gasteiger partial charge is 0.497 e. The van der Waals surface area contributed by atoms with Gasteiger partial charge >= 0.3 is 11.9 Å². The van der Waals surface area contributed by atoms with Crippen molar-refractivity contribution in [3.8, 4) is 38.9 Å². The fourth-order valence-electron chi connectivity index (χ4n) is 2.47. The normalized spacial score (nSPS) is 10.3. The maximum Gasteiger partial charge on any atom is 0.308 e. The zero-order chi connectivity index (χ0) is 19.4. The lowest BCUT2D eigenvalue weighted by molar-refractivity contribution is -0.132. The lowest BCUT2D eigenvalue weighted by Gasteiger charge is -2.08. The average molecular weight is 383 g/mol. The number of aromatic nitrogens is 1. The number of carbonyl (C=O) groups excluding carboxylic acids is 2. The van der Waals surface area contributed by atoms with Crippen molar-refractivity contribution in [1.82, 2.24) is 4.37 Å². The summed E-state index contributed by atoms with van der Waals surface area (Å²) in [4.78, 5) is 23.4. The molecule has 0 saturated carbocycles. The van der Waals surface area contributed by atoms with Crippen LogP contribution in [0.25, 0.3) is 21.7 Å². The van der Waals surface area contributed by atoms with Gasteiger partial charge in [0.15, 0.2) is 0 Å². The van der Waals surface area contributed by atoms with Gasteiger partial charge in [0.2, 0.25) is 0 Å². The van der Waals surface area contributed by atoms with Crippen LogP contribution < -0.4 is 14.2 Å². The molecule has 2 aromatic carbocycles. The molecular formula is C20H17NO5S. The molecule has 0 bridgehead atoms. The van der Waals surface area contributed by atoms with Crippen LogP contribution in [0, 0.1) is 0 Å². The lowest BCUT2D eigenvalue weighted by Crippen LogP contribution is -2.04. The fraction of sp³-hybridized carbons (Fsp3) is 0.150. The Labute approximate surface area is 160 Å². The van der Waals surface area contributed by atoms with Crippen LogP contribution in [0.5, 0.6) is 17.2 Å². The monoisotopic (exact) mass is 383 g/mol. The van der Waals surface area contributed by atoms with E-state index in [9.17, 15) is 9.59 Å². The lowest BCUT2D eigenvalue weighted by atomic mass is 10.1. The Bertz CT molecular complexity index is 944. The molecule has 0 fully saturated rings. The molecule has 0 spiro atoms. The van der Waals surface area contributed by atoms with Crippen LogP contribution in [0.4, 0.5) is 0 Å². The molecule has 0 amide bonds. The molecule has 0 unspecified atom stereocenters. The highest BCUT2D eigenvalue weighted by molar-refractivity contribution is 7.09. The van der Waals surface area contributed by atoms with Crippen LogP contribution in [-0.4, -0.2) is 23.4 Å². The van der Waals surface area contributed by atoms with Crippen molar-refractivity contribution in [2.45, 2.75) is 13.8 Å². The van der Waals surface area contributed by atoms with Gasteiger partial charge in [0, 0.05) is 31.0 Å². The van der Waals surface area contributed by atoms with Crippen LogP contribution >= 0.6 is 11.5 Å². The molecule has 1 aromatic heterocycles. The summed E-state index contributed by atoms with van der Waals surface area (Å²) in [5, 5.41) is 0. The second-order valence-corrected chi connectivity index (χ2v) is 6.49. The summed E-state index contributed by atoms with van der Waals surface area (Å²) in [5.41, 5.74) is 2.50. The Morgan fingerprint density at radius 1 is 0.815 bits per heavy atom. The minimum atomic E-state index is -0.454.